The molecule has 0 aromatic heterocycles. The SMILES string of the molecule is C=C(C)C(=O)OCCSC(C)Oc1ccc(Sc2ccc(OC(C)SCCOC(=O)C(=C)C)cc2)cc1. The molecule has 2 atom stereocenters. The molecule has 0 N–H and O–H groups in total. The number of thioether (sulfide) groups is 2. The van der Waals surface area contributed by atoms with Crippen molar-refractivity contribution in [3.05, 3.63) is 72.8 Å². The Morgan fingerprint density at radius 3 is 1.38 bits per heavy atom. The van der Waals surface area contributed by atoms with E-state index in [2.05, 4.69) is 13.2 Å². The van der Waals surface area contributed by atoms with Crippen LogP contribution >= 0.6 is 35.3 Å². The van der Waals surface area contributed by atoms with Crippen molar-refractivity contribution in [2.45, 2.75) is 48.4 Å². The molecule has 0 bridgehead atoms. The Morgan fingerprint density at radius 1 is 0.703 bits per heavy atom. The molecule has 2 aromatic carbocycles. The van der Waals surface area contributed by atoms with Crippen LogP contribution in [0.4, 0.5) is 0 Å². The molecule has 37 heavy (non-hydrogen) atoms. The molecule has 2 unspecified atom stereocenters. The first-order valence-corrected chi connectivity index (χ1v) is 14.6. The highest BCUT2D eigenvalue weighted by Gasteiger charge is 2.09. The minimum atomic E-state index is -0.367. The minimum Gasteiger partial charge on any atom is -0.480 e. The average molecular weight is 563 g/mol. The standard InChI is InChI=1S/C28H34O6S3/c1-19(2)27(29)31-15-17-35-21(5)33-23-7-11-25(12-8-23)37-26-13-9-24(10-14-26)34-22(6)36-18-16-32-28(30)20(3)4/h7-14,21-22H,1,3,15-18H2,2,4-6H3. The Hall–Kier alpha value is -2.49. The summed E-state index contributed by atoms with van der Waals surface area (Å²) in [6.45, 7) is 15.0. The maximum Gasteiger partial charge on any atom is 0.333 e. The predicted octanol–water partition coefficient (Wildman–Crippen LogP) is 6.99. The predicted molar refractivity (Wildman–Crippen MR) is 154 cm³/mol. The van der Waals surface area contributed by atoms with Gasteiger partial charge in [0.1, 0.15) is 35.6 Å². The van der Waals surface area contributed by atoms with Crippen molar-refractivity contribution in [2.24, 2.45) is 0 Å². The molecule has 0 aliphatic rings. The van der Waals surface area contributed by atoms with Crippen LogP contribution in [0.1, 0.15) is 27.7 Å². The van der Waals surface area contributed by atoms with Gasteiger partial charge in [0.15, 0.2) is 0 Å². The second-order valence-electron chi connectivity index (χ2n) is 7.99. The summed E-state index contributed by atoms with van der Waals surface area (Å²) in [6.07, 6.45) is 0. The zero-order valence-electron chi connectivity index (χ0n) is 21.7. The molecule has 2 rings (SSSR count). The van der Waals surface area contributed by atoms with Gasteiger partial charge in [0.05, 0.1) is 0 Å². The number of hydrogen-bond donors (Lipinski definition) is 0. The third-order valence-electron chi connectivity index (χ3n) is 4.52. The van der Waals surface area contributed by atoms with Crippen molar-refractivity contribution < 1.29 is 28.5 Å². The van der Waals surface area contributed by atoms with Crippen molar-refractivity contribution in [1.82, 2.24) is 0 Å². The van der Waals surface area contributed by atoms with Crippen molar-refractivity contribution in [2.75, 3.05) is 24.7 Å². The van der Waals surface area contributed by atoms with Gasteiger partial charge in [-0.15, -0.1) is 23.5 Å². The van der Waals surface area contributed by atoms with Crippen LogP contribution < -0.4 is 9.47 Å². The highest BCUT2D eigenvalue weighted by Crippen LogP contribution is 2.31. The van der Waals surface area contributed by atoms with E-state index in [1.54, 1.807) is 49.1 Å². The molecule has 0 radical (unpaired) electrons. The van der Waals surface area contributed by atoms with Crippen LogP contribution in [-0.4, -0.2) is 47.5 Å². The fourth-order valence-electron chi connectivity index (χ4n) is 2.70. The van der Waals surface area contributed by atoms with Crippen molar-refractivity contribution in [3.63, 3.8) is 0 Å². The molecule has 0 aliphatic carbocycles. The Morgan fingerprint density at radius 2 is 1.05 bits per heavy atom. The van der Waals surface area contributed by atoms with Crippen LogP contribution in [0.15, 0.2) is 82.6 Å². The fourth-order valence-corrected chi connectivity index (χ4v) is 4.90. The lowest BCUT2D eigenvalue weighted by molar-refractivity contribution is -0.139. The van der Waals surface area contributed by atoms with Crippen molar-refractivity contribution in [3.8, 4) is 11.5 Å². The van der Waals surface area contributed by atoms with E-state index in [0.717, 1.165) is 21.3 Å². The number of hydrogen-bond acceptors (Lipinski definition) is 9. The molecule has 6 nitrogen and oxygen atoms in total. The van der Waals surface area contributed by atoms with E-state index in [4.69, 9.17) is 18.9 Å². The third kappa shape index (κ3) is 12.5. The Labute approximate surface area is 232 Å². The second kappa shape index (κ2) is 16.4. The number of ether oxygens (including phenoxy) is 4. The molecule has 0 spiro atoms. The first-order chi connectivity index (χ1) is 17.6. The molecular formula is C28H34O6S3. The summed E-state index contributed by atoms with van der Waals surface area (Å²) in [7, 11) is 0. The monoisotopic (exact) mass is 562 g/mol. The van der Waals surface area contributed by atoms with Gasteiger partial charge in [-0.05, 0) is 76.2 Å². The fraction of sp³-hybridized carbons (Fsp3) is 0.357. The second-order valence-corrected chi connectivity index (χ2v) is 11.9. The van der Waals surface area contributed by atoms with E-state index in [1.807, 2.05) is 62.4 Å². The lowest BCUT2D eigenvalue weighted by Gasteiger charge is -2.15. The number of esters is 2. The van der Waals surface area contributed by atoms with E-state index < -0.39 is 0 Å². The molecular weight excluding hydrogens is 529 g/mol. The molecule has 200 valence electrons. The van der Waals surface area contributed by atoms with Crippen LogP contribution in [0.5, 0.6) is 11.5 Å². The summed E-state index contributed by atoms with van der Waals surface area (Å²) in [5.41, 5.74) is 0.665. The van der Waals surface area contributed by atoms with Crippen LogP contribution in [0.2, 0.25) is 0 Å². The molecule has 0 heterocycles. The van der Waals surface area contributed by atoms with E-state index in [0.29, 0.717) is 35.9 Å². The Bertz CT molecular complexity index is 953. The first-order valence-electron chi connectivity index (χ1n) is 11.7. The quantitative estimate of drug-likeness (QED) is 0.0931. The minimum absolute atomic E-state index is 0.0681. The van der Waals surface area contributed by atoms with Gasteiger partial charge in [-0.3, -0.25) is 0 Å². The lowest BCUT2D eigenvalue weighted by atomic mass is 10.3. The summed E-state index contributed by atoms with van der Waals surface area (Å²) in [5.74, 6) is 2.13. The summed E-state index contributed by atoms with van der Waals surface area (Å²) in [4.78, 5) is 25.0. The molecule has 2 aromatic rings. The number of carbonyl (C=O) groups is 2. The first kappa shape index (κ1) is 30.7. The van der Waals surface area contributed by atoms with Crippen LogP contribution in [0, 0.1) is 0 Å². The summed E-state index contributed by atoms with van der Waals surface area (Å²) >= 11 is 4.80. The van der Waals surface area contributed by atoms with Crippen molar-refractivity contribution in [1.29, 1.82) is 0 Å². The van der Waals surface area contributed by atoms with Gasteiger partial charge < -0.3 is 18.9 Å². The van der Waals surface area contributed by atoms with Gasteiger partial charge in [-0.1, -0.05) is 24.9 Å². The van der Waals surface area contributed by atoms with Crippen molar-refractivity contribution >= 4 is 47.2 Å². The van der Waals surface area contributed by atoms with E-state index in [9.17, 15) is 9.59 Å². The number of rotatable bonds is 16. The Kier molecular flexibility index (Phi) is 13.6. The molecule has 0 fully saturated rings. The number of benzene rings is 2. The normalized spacial score (nSPS) is 12.2. The number of carbonyl (C=O) groups excluding carboxylic acids is 2. The largest absolute Gasteiger partial charge is 0.480 e. The topological polar surface area (TPSA) is 71.1 Å². The van der Waals surface area contributed by atoms with Gasteiger partial charge in [0.2, 0.25) is 0 Å². The van der Waals surface area contributed by atoms with Gasteiger partial charge in [-0.2, -0.15) is 0 Å². The summed E-state index contributed by atoms with van der Waals surface area (Å²) in [6, 6.07) is 15.9. The third-order valence-corrected chi connectivity index (χ3v) is 7.47. The van der Waals surface area contributed by atoms with Gasteiger partial charge in [0, 0.05) is 32.4 Å². The van der Waals surface area contributed by atoms with Crippen LogP contribution in [-0.2, 0) is 19.1 Å². The summed E-state index contributed by atoms with van der Waals surface area (Å²) in [5, 5.41) is 0. The van der Waals surface area contributed by atoms with Gasteiger partial charge >= 0.3 is 11.9 Å². The lowest BCUT2D eigenvalue weighted by Crippen LogP contribution is -2.12. The molecule has 9 heteroatoms. The zero-order chi connectivity index (χ0) is 27.2. The van der Waals surface area contributed by atoms with Gasteiger partial charge in [-0.25, -0.2) is 9.59 Å². The van der Waals surface area contributed by atoms with E-state index in [1.165, 1.54) is 0 Å². The van der Waals surface area contributed by atoms with E-state index >= 15 is 0 Å². The molecule has 0 saturated heterocycles. The molecule has 0 saturated carbocycles. The highest BCUT2D eigenvalue weighted by atomic mass is 32.2. The zero-order valence-corrected chi connectivity index (χ0v) is 24.1. The smallest absolute Gasteiger partial charge is 0.333 e. The van der Waals surface area contributed by atoms with Crippen LogP contribution in [0.25, 0.3) is 0 Å². The summed E-state index contributed by atoms with van der Waals surface area (Å²) < 4.78 is 22.0. The maximum absolute atomic E-state index is 11.4. The Balaban J connectivity index is 1.71. The van der Waals surface area contributed by atoms with Gasteiger partial charge in [0.25, 0.3) is 0 Å². The highest BCUT2D eigenvalue weighted by molar-refractivity contribution is 8.00. The maximum atomic E-state index is 11.4. The van der Waals surface area contributed by atoms with Crippen LogP contribution in [0.3, 0.4) is 0 Å². The van der Waals surface area contributed by atoms with E-state index in [-0.39, 0.29) is 22.8 Å². The molecule has 0 amide bonds. The molecule has 0 aliphatic heterocycles. The average Bonchev–Trinajstić information content (AvgIpc) is 2.86.